The van der Waals surface area contributed by atoms with E-state index in [1.54, 1.807) is 13.8 Å². The van der Waals surface area contributed by atoms with Crippen LogP contribution in [-0.4, -0.2) is 41.3 Å². The molecule has 1 N–H and O–H groups in total. The maximum atomic E-state index is 13.0. The molecule has 3 aromatic rings. The lowest BCUT2D eigenvalue weighted by molar-refractivity contribution is 0.102. The molecule has 160 valence electrons. The molecule has 0 aliphatic rings. The average molecular weight is 449 g/mol. The average Bonchev–Trinajstić information content (AvgIpc) is 3.06. The second-order valence-electron chi connectivity index (χ2n) is 6.76. The number of para-hydroxylation sites is 2. The van der Waals surface area contributed by atoms with Gasteiger partial charge in [-0.25, -0.2) is 13.4 Å². The fourth-order valence-corrected chi connectivity index (χ4v) is 5.03. The highest BCUT2D eigenvalue weighted by Crippen LogP contribution is 2.25. The largest absolute Gasteiger partial charge is 0.310 e. The summed E-state index contributed by atoms with van der Waals surface area (Å²) in [5.41, 5.74) is 1.77. The number of imidazole rings is 1. The van der Waals surface area contributed by atoms with Gasteiger partial charge in [0.2, 0.25) is 16.0 Å². The van der Waals surface area contributed by atoms with Crippen molar-refractivity contribution in [3.05, 3.63) is 53.1 Å². The Morgan fingerprint density at radius 2 is 1.83 bits per heavy atom. The number of amides is 1. The summed E-state index contributed by atoms with van der Waals surface area (Å²) in [7, 11) is -3.71. The normalized spacial score (nSPS) is 11.9. The van der Waals surface area contributed by atoms with Crippen LogP contribution in [0.15, 0.2) is 47.4 Å². The van der Waals surface area contributed by atoms with Crippen LogP contribution in [0.5, 0.6) is 0 Å². The summed E-state index contributed by atoms with van der Waals surface area (Å²) in [6.07, 6.45) is 0.863. The molecule has 3 rings (SSSR count). The quantitative estimate of drug-likeness (QED) is 0.554. The maximum Gasteiger partial charge on any atom is 0.259 e. The van der Waals surface area contributed by atoms with Crippen molar-refractivity contribution in [2.45, 2.75) is 38.6 Å². The minimum absolute atomic E-state index is 0.0304. The van der Waals surface area contributed by atoms with Crippen molar-refractivity contribution in [3.63, 3.8) is 0 Å². The highest BCUT2D eigenvalue weighted by molar-refractivity contribution is 7.89. The third-order valence-corrected chi connectivity index (χ3v) is 7.23. The van der Waals surface area contributed by atoms with Gasteiger partial charge in [-0.15, -0.1) is 0 Å². The van der Waals surface area contributed by atoms with E-state index in [1.165, 1.54) is 22.5 Å². The van der Waals surface area contributed by atoms with Crippen molar-refractivity contribution >= 4 is 44.5 Å². The van der Waals surface area contributed by atoms with Crippen molar-refractivity contribution in [3.8, 4) is 0 Å². The Hall–Kier alpha value is -2.42. The topological polar surface area (TPSA) is 84.3 Å². The summed E-state index contributed by atoms with van der Waals surface area (Å²) in [5, 5.41) is 2.97. The summed E-state index contributed by atoms with van der Waals surface area (Å²) in [5.74, 6) is -0.111. The Labute approximate surface area is 181 Å². The molecule has 0 unspecified atom stereocenters. The van der Waals surface area contributed by atoms with Crippen molar-refractivity contribution in [2.24, 2.45) is 0 Å². The minimum Gasteiger partial charge on any atom is -0.310 e. The Kier molecular flexibility index (Phi) is 6.80. The molecule has 1 aromatic heterocycles. The fraction of sp³-hybridized carbons (Fsp3) is 0.333. The van der Waals surface area contributed by atoms with Crippen LogP contribution in [0.3, 0.4) is 0 Å². The third kappa shape index (κ3) is 4.21. The zero-order valence-corrected chi connectivity index (χ0v) is 18.8. The van der Waals surface area contributed by atoms with Gasteiger partial charge in [0.15, 0.2) is 0 Å². The molecule has 0 fully saturated rings. The first-order valence-corrected chi connectivity index (χ1v) is 11.7. The molecule has 7 nitrogen and oxygen atoms in total. The first-order chi connectivity index (χ1) is 14.3. The van der Waals surface area contributed by atoms with E-state index in [0.717, 1.165) is 17.5 Å². The molecule has 0 aliphatic carbocycles. The van der Waals surface area contributed by atoms with Crippen LogP contribution in [-0.2, 0) is 16.6 Å². The van der Waals surface area contributed by atoms with Crippen LogP contribution < -0.4 is 5.32 Å². The van der Waals surface area contributed by atoms with E-state index in [-0.39, 0.29) is 15.5 Å². The second kappa shape index (κ2) is 9.16. The SMILES string of the molecule is CCCn1c(NC(=O)c2cc(S(=O)(=O)N(CC)CC)ccc2Cl)nc2ccccc21. The van der Waals surface area contributed by atoms with E-state index in [2.05, 4.69) is 10.3 Å². The van der Waals surface area contributed by atoms with E-state index < -0.39 is 15.9 Å². The van der Waals surface area contributed by atoms with Crippen molar-refractivity contribution in [1.29, 1.82) is 0 Å². The van der Waals surface area contributed by atoms with Gasteiger partial charge in [0.1, 0.15) is 0 Å². The molecule has 9 heteroatoms. The van der Waals surface area contributed by atoms with E-state index >= 15 is 0 Å². The number of halogens is 1. The summed E-state index contributed by atoms with van der Waals surface area (Å²) in [4.78, 5) is 17.5. The van der Waals surface area contributed by atoms with E-state index in [1.807, 2.05) is 35.8 Å². The zero-order valence-electron chi connectivity index (χ0n) is 17.2. The number of aryl methyl sites for hydroxylation is 1. The summed E-state index contributed by atoms with van der Waals surface area (Å²) in [6, 6.07) is 11.8. The van der Waals surface area contributed by atoms with Gasteiger partial charge in [0, 0.05) is 19.6 Å². The van der Waals surface area contributed by atoms with Gasteiger partial charge in [-0.2, -0.15) is 4.31 Å². The van der Waals surface area contributed by atoms with Gasteiger partial charge < -0.3 is 4.57 Å². The standard InChI is InChI=1S/C21H25ClN4O3S/c1-4-13-26-19-10-8-7-9-18(19)23-21(26)24-20(27)16-14-15(11-12-17(16)22)30(28,29)25(5-2)6-3/h7-12,14H,4-6,13H2,1-3H3,(H,23,24,27). The number of sulfonamides is 1. The van der Waals surface area contributed by atoms with Gasteiger partial charge in [0.05, 0.1) is 26.5 Å². The molecule has 2 aromatic carbocycles. The lowest BCUT2D eigenvalue weighted by Crippen LogP contribution is -2.30. The minimum atomic E-state index is -3.71. The number of aromatic nitrogens is 2. The second-order valence-corrected chi connectivity index (χ2v) is 9.11. The molecular formula is C21H25ClN4O3S. The number of carbonyl (C=O) groups is 1. The molecule has 0 radical (unpaired) electrons. The Balaban J connectivity index is 1.99. The van der Waals surface area contributed by atoms with Crippen molar-refractivity contribution in [2.75, 3.05) is 18.4 Å². The summed E-state index contributed by atoms with van der Waals surface area (Å²) < 4.78 is 28.9. The number of anilines is 1. The molecule has 1 heterocycles. The van der Waals surface area contributed by atoms with Gasteiger partial charge >= 0.3 is 0 Å². The molecule has 0 atom stereocenters. The number of nitrogens with one attached hydrogen (secondary N) is 1. The fourth-order valence-electron chi connectivity index (χ4n) is 3.34. The molecule has 0 spiro atoms. The van der Waals surface area contributed by atoms with Gasteiger partial charge in [-0.3, -0.25) is 10.1 Å². The highest BCUT2D eigenvalue weighted by atomic mass is 35.5. The predicted molar refractivity (Wildman–Crippen MR) is 120 cm³/mol. The van der Waals surface area contributed by atoms with Crippen LogP contribution >= 0.6 is 11.6 Å². The lowest BCUT2D eigenvalue weighted by Gasteiger charge is -2.19. The Bertz CT molecular complexity index is 1170. The van der Waals surface area contributed by atoms with Crippen LogP contribution in [0, 0.1) is 0 Å². The van der Waals surface area contributed by atoms with E-state index in [4.69, 9.17) is 11.6 Å². The number of hydrogen-bond acceptors (Lipinski definition) is 4. The summed E-state index contributed by atoms with van der Waals surface area (Å²) in [6.45, 7) is 6.93. The van der Waals surface area contributed by atoms with E-state index in [0.29, 0.717) is 25.6 Å². The number of fused-ring (bicyclic) bond motifs is 1. The van der Waals surface area contributed by atoms with Crippen molar-refractivity contribution < 1.29 is 13.2 Å². The predicted octanol–water partition coefficient (Wildman–Crippen LogP) is 4.38. The van der Waals surface area contributed by atoms with Gasteiger partial charge in [0.25, 0.3) is 5.91 Å². The first-order valence-electron chi connectivity index (χ1n) is 9.89. The van der Waals surface area contributed by atoms with Gasteiger partial charge in [-0.1, -0.05) is 44.5 Å². The lowest BCUT2D eigenvalue weighted by atomic mass is 10.2. The zero-order chi connectivity index (χ0) is 21.9. The molecule has 30 heavy (non-hydrogen) atoms. The number of carbonyl (C=O) groups excluding carboxylic acids is 1. The van der Waals surface area contributed by atoms with E-state index in [9.17, 15) is 13.2 Å². The highest BCUT2D eigenvalue weighted by Gasteiger charge is 2.24. The van der Waals surface area contributed by atoms with Crippen molar-refractivity contribution in [1.82, 2.24) is 13.9 Å². The Morgan fingerprint density at radius 1 is 1.13 bits per heavy atom. The van der Waals surface area contributed by atoms with Crippen LogP contribution in [0.25, 0.3) is 11.0 Å². The molecule has 1 amide bonds. The van der Waals surface area contributed by atoms with Crippen LogP contribution in [0.4, 0.5) is 5.95 Å². The molecular weight excluding hydrogens is 424 g/mol. The monoisotopic (exact) mass is 448 g/mol. The van der Waals surface area contributed by atoms with Crippen LogP contribution in [0.1, 0.15) is 37.6 Å². The number of nitrogens with zero attached hydrogens (tertiary/aromatic N) is 3. The number of benzene rings is 2. The Morgan fingerprint density at radius 3 is 2.50 bits per heavy atom. The first kappa shape index (κ1) is 22.3. The third-order valence-electron chi connectivity index (χ3n) is 4.85. The summed E-state index contributed by atoms with van der Waals surface area (Å²) >= 11 is 6.24. The number of rotatable bonds is 8. The molecule has 0 aliphatic heterocycles. The molecule has 0 saturated heterocycles. The molecule has 0 saturated carbocycles. The maximum absolute atomic E-state index is 13.0. The van der Waals surface area contributed by atoms with Gasteiger partial charge in [-0.05, 0) is 36.8 Å². The molecule has 0 bridgehead atoms. The number of hydrogen-bond donors (Lipinski definition) is 1. The van der Waals surface area contributed by atoms with Crippen LogP contribution in [0.2, 0.25) is 5.02 Å². The smallest absolute Gasteiger partial charge is 0.259 e.